The first kappa shape index (κ1) is 19.3. The minimum Gasteiger partial charge on any atom is -0.341 e. The number of hydrogen-bond acceptors (Lipinski definition) is 2. The Labute approximate surface area is 151 Å². The highest BCUT2D eigenvalue weighted by atomic mass is 16.2. The molecule has 0 radical (unpaired) electrons. The molecular weight excluding hydrogens is 314 g/mol. The molecule has 5 heteroatoms. The summed E-state index contributed by atoms with van der Waals surface area (Å²) in [4.78, 5) is 28.5. The number of amides is 3. The Bertz CT molecular complexity index is 590. The summed E-state index contributed by atoms with van der Waals surface area (Å²) in [7, 11) is 0. The van der Waals surface area contributed by atoms with Crippen molar-refractivity contribution < 1.29 is 9.59 Å². The normalized spacial score (nSPS) is 15.7. The molecule has 25 heavy (non-hydrogen) atoms. The Kier molecular flexibility index (Phi) is 6.45. The molecule has 1 heterocycles. The lowest BCUT2D eigenvalue weighted by molar-refractivity contribution is -0.131. The van der Waals surface area contributed by atoms with Crippen LogP contribution in [0.1, 0.15) is 44.7 Å². The van der Waals surface area contributed by atoms with E-state index in [1.807, 2.05) is 30.6 Å². The maximum Gasteiger partial charge on any atom is 0.317 e. The molecule has 1 aliphatic rings. The Hall–Kier alpha value is -2.04. The van der Waals surface area contributed by atoms with Crippen LogP contribution in [0.5, 0.6) is 0 Å². The van der Waals surface area contributed by atoms with Crippen molar-refractivity contribution >= 4 is 11.9 Å². The molecule has 0 saturated carbocycles. The second-order valence-corrected chi connectivity index (χ2v) is 7.89. The van der Waals surface area contributed by atoms with E-state index in [9.17, 15) is 9.59 Å². The fraction of sp³-hybridized carbons (Fsp3) is 0.600. The second kappa shape index (κ2) is 8.37. The Morgan fingerprint density at radius 1 is 1.00 bits per heavy atom. The highest BCUT2D eigenvalue weighted by molar-refractivity contribution is 5.77. The van der Waals surface area contributed by atoms with Crippen LogP contribution in [0.4, 0.5) is 4.79 Å². The SMILES string of the molecule is Cc1ccc(CCC(=O)N2CCCN(C(=O)NC(C)(C)C)CC2)cc1. The zero-order valence-electron chi connectivity index (χ0n) is 16.0. The van der Waals surface area contributed by atoms with E-state index < -0.39 is 0 Å². The number of nitrogens with zero attached hydrogens (tertiary/aromatic N) is 2. The standard InChI is InChI=1S/C20H31N3O2/c1-16-6-8-17(9-7-16)10-11-18(24)22-12-5-13-23(15-14-22)19(25)21-20(2,3)4/h6-9H,5,10-15H2,1-4H3,(H,21,25). The first-order valence-corrected chi connectivity index (χ1v) is 9.15. The van der Waals surface area contributed by atoms with Gasteiger partial charge in [0.25, 0.3) is 0 Å². The lowest BCUT2D eigenvalue weighted by Crippen LogP contribution is -2.49. The number of rotatable bonds is 3. The van der Waals surface area contributed by atoms with E-state index in [1.54, 1.807) is 0 Å². The summed E-state index contributed by atoms with van der Waals surface area (Å²) >= 11 is 0. The van der Waals surface area contributed by atoms with Crippen LogP contribution in [-0.2, 0) is 11.2 Å². The molecule has 5 nitrogen and oxygen atoms in total. The van der Waals surface area contributed by atoms with E-state index in [0.717, 1.165) is 19.4 Å². The number of hydrogen-bond donors (Lipinski definition) is 1. The van der Waals surface area contributed by atoms with Gasteiger partial charge in [0.2, 0.25) is 5.91 Å². The summed E-state index contributed by atoms with van der Waals surface area (Å²) < 4.78 is 0. The minimum atomic E-state index is -0.243. The van der Waals surface area contributed by atoms with Crippen LogP contribution in [0.25, 0.3) is 0 Å². The van der Waals surface area contributed by atoms with Crippen LogP contribution in [0, 0.1) is 6.92 Å². The first-order valence-electron chi connectivity index (χ1n) is 9.15. The van der Waals surface area contributed by atoms with Crippen molar-refractivity contribution in [3.05, 3.63) is 35.4 Å². The summed E-state index contributed by atoms with van der Waals surface area (Å²) in [6.07, 6.45) is 2.12. The highest BCUT2D eigenvalue weighted by Gasteiger charge is 2.24. The average Bonchev–Trinajstić information content (AvgIpc) is 2.78. The van der Waals surface area contributed by atoms with Crippen molar-refractivity contribution in [2.24, 2.45) is 0 Å². The van der Waals surface area contributed by atoms with Crippen LogP contribution >= 0.6 is 0 Å². The lowest BCUT2D eigenvalue weighted by atomic mass is 10.1. The van der Waals surface area contributed by atoms with Crippen LogP contribution in [-0.4, -0.2) is 53.5 Å². The number of carbonyl (C=O) groups excluding carboxylic acids is 2. The smallest absolute Gasteiger partial charge is 0.317 e. The van der Waals surface area contributed by atoms with Gasteiger partial charge in [-0.3, -0.25) is 4.79 Å². The average molecular weight is 345 g/mol. The zero-order chi connectivity index (χ0) is 18.4. The molecule has 0 aromatic heterocycles. The molecular formula is C20H31N3O2. The topological polar surface area (TPSA) is 52.7 Å². The molecule has 138 valence electrons. The molecule has 1 aromatic rings. The van der Waals surface area contributed by atoms with E-state index in [4.69, 9.17) is 0 Å². The highest BCUT2D eigenvalue weighted by Crippen LogP contribution is 2.10. The molecule has 2 rings (SSSR count). The lowest BCUT2D eigenvalue weighted by Gasteiger charge is -2.27. The van der Waals surface area contributed by atoms with E-state index in [1.165, 1.54) is 11.1 Å². The first-order chi connectivity index (χ1) is 11.7. The molecule has 3 amide bonds. The van der Waals surface area contributed by atoms with E-state index >= 15 is 0 Å². The van der Waals surface area contributed by atoms with Crippen molar-refractivity contribution in [3.8, 4) is 0 Å². The maximum absolute atomic E-state index is 12.5. The molecule has 0 bridgehead atoms. The van der Waals surface area contributed by atoms with Gasteiger partial charge in [0.05, 0.1) is 0 Å². The maximum atomic E-state index is 12.5. The largest absolute Gasteiger partial charge is 0.341 e. The predicted molar refractivity (Wildman–Crippen MR) is 101 cm³/mol. The van der Waals surface area contributed by atoms with Crippen LogP contribution in [0.3, 0.4) is 0 Å². The van der Waals surface area contributed by atoms with E-state index in [2.05, 4.69) is 36.5 Å². The Balaban J connectivity index is 1.82. The summed E-state index contributed by atoms with van der Waals surface area (Å²) in [6, 6.07) is 8.30. The van der Waals surface area contributed by atoms with Crippen LogP contribution in [0.15, 0.2) is 24.3 Å². The van der Waals surface area contributed by atoms with Crippen molar-refractivity contribution in [1.29, 1.82) is 0 Å². The predicted octanol–water partition coefficient (Wildman–Crippen LogP) is 2.97. The Morgan fingerprint density at radius 3 is 2.24 bits per heavy atom. The third kappa shape index (κ3) is 6.40. The minimum absolute atomic E-state index is 0.0403. The monoisotopic (exact) mass is 345 g/mol. The summed E-state index contributed by atoms with van der Waals surface area (Å²) in [6.45, 7) is 10.6. The molecule has 0 unspecified atom stereocenters. The van der Waals surface area contributed by atoms with Gasteiger partial charge in [0.1, 0.15) is 0 Å². The van der Waals surface area contributed by atoms with Gasteiger partial charge >= 0.3 is 6.03 Å². The van der Waals surface area contributed by atoms with Gasteiger partial charge in [-0.2, -0.15) is 0 Å². The number of urea groups is 1. The van der Waals surface area contributed by atoms with E-state index in [-0.39, 0.29) is 17.5 Å². The van der Waals surface area contributed by atoms with Gasteiger partial charge in [0.15, 0.2) is 0 Å². The molecule has 1 aromatic carbocycles. The van der Waals surface area contributed by atoms with Gasteiger partial charge in [-0.1, -0.05) is 29.8 Å². The van der Waals surface area contributed by atoms with Crippen molar-refractivity contribution in [2.75, 3.05) is 26.2 Å². The van der Waals surface area contributed by atoms with Crippen molar-refractivity contribution in [2.45, 2.75) is 52.5 Å². The van der Waals surface area contributed by atoms with Crippen molar-refractivity contribution in [3.63, 3.8) is 0 Å². The molecule has 1 aliphatic heterocycles. The van der Waals surface area contributed by atoms with E-state index in [0.29, 0.717) is 26.1 Å². The third-order valence-electron chi connectivity index (χ3n) is 4.37. The van der Waals surface area contributed by atoms with Gasteiger partial charge in [-0.15, -0.1) is 0 Å². The van der Waals surface area contributed by atoms with Gasteiger partial charge in [-0.05, 0) is 46.1 Å². The quantitative estimate of drug-likeness (QED) is 0.916. The molecule has 1 fully saturated rings. The number of nitrogens with one attached hydrogen (secondary N) is 1. The number of carbonyl (C=O) groups is 2. The molecule has 1 saturated heterocycles. The van der Waals surface area contributed by atoms with Gasteiger partial charge < -0.3 is 15.1 Å². The molecule has 1 N–H and O–H groups in total. The van der Waals surface area contributed by atoms with Crippen LogP contribution in [0.2, 0.25) is 0 Å². The van der Waals surface area contributed by atoms with Gasteiger partial charge in [0, 0.05) is 38.1 Å². The fourth-order valence-electron chi connectivity index (χ4n) is 2.93. The molecule has 0 atom stereocenters. The van der Waals surface area contributed by atoms with Crippen molar-refractivity contribution in [1.82, 2.24) is 15.1 Å². The third-order valence-corrected chi connectivity index (χ3v) is 4.37. The Morgan fingerprint density at radius 2 is 1.60 bits per heavy atom. The second-order valence-electron chi connectivity index (χ2n) is 7.89. The summed E-state index contributed by atoms with van der Waals surface area (Å²) in [5.74, 6) is 0.179. The zero-order valence-corrected chi connectivity index (χ0v) is 16.0. The van der Waals surface area contributed by atoms with Crippen LogP contribution < -0.4 is 5.32 Å². The molecule has 0 aliphatic carbocycles. The fourth-order valence-corrected chi connectivity index (χ4v) is 2.93. The summed E-state index contributed by atoms with van der Waals surface area (Å²) in [5, 5.41) is 3.00. The summed E-state index contributed by atoms with van der Waals surface area (Å²) in [5.41, 5.74) is 2.18. The van der Waals surface area contributed by atoms with Gasteiger partial charge in [-0.25, -0.2) is 4.79 Å². The molecule has 0 spiro atoms. The number of aryl methyl sites for hydroxylation is 2. The number of benzene rings is 1.